The van der Waals surface area contributed by atoms with Crippen LogP contribution in [0.5, 0.6) is 0 Å². The molecule has 0 aliphatic rings. The normalized spacial score (nSPS) is 7.75. The van der Waals surface area contributed by atoms with Crippen molar-refractivity contribution in [2.45, 2.75) is 19.8 Å². The topological polar surface area (TPSA) is 0 Å². The molecule has 0 aliphatic heterocycles. The van der Waals surface area contributed by atoms with Crippen LogP contribution in [0.1, 0.15) is 19.8 Å². The van der Waals surface area contributed by atoms with Gasteiger partial charge in [0.2, 0.25) is 0 Å². The van der Waals surface area contributed by atoms with Crippen LogP contribution in [0.2, 0.25) is 0 Å². The number of hydrogen-bond donors (Lipinski definition) is 0. The van der Waals surface area contributed by atoms with E-state index in [9.17, 15) is 0 Å². The van der Waals surface area contributed by atoms with Crippen molar-refractivity contribution >= 4 is 11.8 Å². The number of rotatable bonds is 3. The molecule has 0 rings (SSSR count). The first-order valence-electron chi connectivity index (χ1n) is 2.68. The third kappa shape index (κ3) is 5.91. The Hall–Kier alpha value is -0.0900. The van der Waals surface area contributed by atoms with Crippen molar-refractivity contribution in [3.8, 4) is 11.8 Å². The third-order valence-corrected chi connectivity index (χ3v) is 1.34. The van der Waals surface area contributed by atoms with Crippen molar-refractivity contribution in [2.24, 2.45) is 0 Å². The number of thioether (sulfide) groups is 1. The van der Waals surface area contributed by atoms with E-state index in [4.69, 9.17) is 0 Å². The van der Waals surface area contributed by atoms with E-state index in [2.05, 4.69) is 18.1 Å². The quantitative estimate of drug-likeness (QED) is 0.414. The molecule has 0 heterocycles. The monoisotopic (exact) mass is 127 g/mol. The van der Waals surface area contributed by atoms with Gasteiger partial charge in [0.25, 0.3) is 0 Å². The maximum atomic E-state index is 3.65. The first kappa shape index (κ1) is 7.91. The zero-order chi connectivity index (χ0) is 6.24. The average Bonchev–Trinajstić information content (AvgIpc) is 1.81. The molecular weight excluding hydrogens is 116 g/mol. The van der Waals surface area contributed by atoms with Gasteiger partial charge in [-0.1, -0.05) is 0 Å². The molecule has 1 radical (unpaired) electrons. The SMILES string of the molecule is [CH2]SCCCC#CC. The molecule has 8 heavy (non-hydrogen) atoms. The molecule has 0 aromatic heterocycles. The fourth-order valence-corrected chi connectivity index (χ4v) is 0.736. The van der Waals surface area contributed by atoms with Crippen LogP contribution in [0, 0.1) is 18.1 Å². The van der Waals surface area contributed by atoms with Gasteiger partial charge in [0, 0.05) is 12.7 Å². The highest BCUT2D eigenvalue weighted by atomic mass is 32.2. The van der Waals surface area contributed by atoms with Crippen LogP contribution < -0.4 is 0 Å². The van der Waals surface area contributed by atoms with E-state index in [-0.39, 0.29) is 0 Å². The maximum absolute atomic E-state index is 3.65. The van der Waals surface area contributed by atoms with Gasteiger partial charge in [-0.25, -0.2) is 0 Å². The second-order valence-corrected chi connectivity index (χ2v) is 2.26. The summed E-state index contributed by atoms with van der Waals surface area (Å²) in [5.41, 5.74) is 0. The minimum atomic E-state index is 1.03. The van der Waals surface area contributed by atoms with Crippen molar-refractivity contribution in [3.05, 3.63) is 6.26 Å². The van der Waals surface area contributed by atoms with Crippen LogP contribution in [0.25, 0.3) is 0 Å². The summed E-state index contributed by atoms with van der Waals surface area (Å²) in [5.74, 6) is 6.97. The third-order valence-electron chi connectivity index (χ3n) is 0.767. The van der Waals surface area contributed by atoms with E-state index in [1.807, 2.05) is 6.92 Å². The Morgan fingerprint density at radius 1 is 1.62 bits per heavy atom. The van der Waals surface area contributed by atoms with Gasteiger partial charge < -0.3 is 0 Å². The summed E-state index contributed by atoms with van der Waals surface area (Å²) < 4.78 is 0. The maximum Gasteiger partial charge on any atom is 0.00964 e. The molecule has 0 saturated carbocycles. The lowest BCUT2D eigenvalue weighted by atomic mass is 10.3. The minimum Gasteiger partial charge on any atom is -0.161 e. The summed E-state index contributed by atoms with van der Waals surface area (Å²) in [6.45, 7) is 1.87. The zero-order valence-electron chi connectivity index (χ0n) is 5.24. The Morgan fingerprint density at radius 2 is 2.38 bits per heavy atom. The second kappa shape index (κ2) is 6.91. The molecule has 0 saturated heterocycles. The first-order valence-corrected chi connectivity index (χ1v) is 3.84. The van der Waals surface area contributed by atoms with Gasteiger partial charge in [0.1, 0.15) is 0 Å². The fourth-order valence-electron chi connectivity index (χ4n) is 0.388. The van der Waals surface area contributed by atoms with Crippen LogP contribution >= 0.6 is 11.8 Å². The molecule has 0 N–H and O–H groups in total. The van der Waals surface area contributed by atoms with E-state index in [0.29, 0.717) is 0 Å². The van der Waals surface area contributed by atoms with Gasteiger partial charge in [-0.2, -0.15) is 11.8 Å². The fraction of sp³-hybridized carbons (Fsp3) is 0.571. The minimum absolute atomic E-state index is 1.03. The molecule has 0 aliphatic carbocycles. The molecule has 0 aromatic carbocycles. The van der Waals surface area contributed by atoms with E-state index in [0.717, 1.165) is 12.2 Å². The molecule has 45 valence electrons. The van der Waals surface area contributed by atoms with Crippen molar-refractivity contribution in [3.63, 3.8) is 0 Å². The van der Waals surface area contributed by atoms with Crippen molar-refractivity contribution < 1.29 is 0 Å². The summed E-state index contributed by atoms with van der Waals surface area (Å²) in [6, 6.07) is 0. The standard InChI is InChI=1S/C7H11S/c1-3-4-5-6-7-8-2/h2,5-7H2,1H3. The zero-order valence-corrected chi connectivity index (χ0v) is 6.05. The Balaban J connectivity index is 2.79. The van der Waals surface area contributed by atoms with Crippen LogP contribution in [0.4, 0.5) is 0 Å². The predicted octanol–water partition coefficient (Wildman–Crippen LogP) is 2.31. The lowest BCUT2D eigenvalue weighted by Gasteiger charge is -1.86. The Bertz CT molecular complexity index is 86.3. The Kier molecular flexibility index (Phi) is 6.83. The van der Waals surface area contributed by atoms with E-state index < -0.39 is 0 Å². The molecule has 0 nitrogen and oxygen atoms in total. The number of unbranched alkanes of at least 4 members (excludes halogenated alkanes) is 1. The summed E-state index contributed by atoms with van der Waals surface area (Å²) in [4.78, 5) is 0. The van der Waals surface area contributed by atoms with Crippen LogP contribution in [-0.4, -0.2) is 5.75 Å². The summed E-state index contributed by atoms with van der Waals surface area (Å²) in [7, 11) is 0. The molecule has 0 amide bonds. The highest BCUT2D eigenvalue weighted by molar-refractivity contribution is 8.00. The van der Waals surface area contributed by atoms with Crippen LogP contribution in [-0.2, 0) is 0 Å². The molecule has 0 fully saturated rings. The molecule has 0 atom stereocenters. The lowest BCUT2D eigenvalue weighted by Crippen LogP contribution is -1.73. The van der Waals surface area contributed by atoms with Gasteiger partial charge in [0.05, 0.1) is 0 Å². The van der Waals surface area contributed by atoms with Gasteiger partial charge >= 0.3 is 0 Å². The van der Waals surface area contributed by atoms with E-state index >= 15 is 0 Å². The molecule has 0 unspecified atom stereocenters. The van der Waals surface area contributed by atoms with Gasteiger partial charge in [0.15, 0.2) is 0 Å². The molecule has 0 aromatic rings. The van der Waals surface area contributed by atoms with Gasteiger partial charge in [-0.3, -0.25) is 0 Å². The highest BCUT2D eigenvalue weighted by Crippen LogP contribution is 1.99. The smallest absolute Gasteiger partial charge is 0.00964 e. The molecule has 0 spiro atoms. The number of hydrogen-bond acceptors (Lipinski definition) is 1. The largest absolute Gasteiger partial charge is 0.161 e. The predicted molar refractivity (Wildman–Crippen MR) is 40.5 cm³/mol. The van der Waals surface area contributed by atoms with Crippen molar-refractivity contribution in [1.29, 1.82) is 0 Å². The highest BCUT2D eigenvalue weighted by Gasteiger charge is 1.78. The Morgan fingerprint density at radius 3 is 2.88 bits per heavy atom. The summed E-state index contributed by atoms with van der Waals surface area (Å²) in [5, 5.41) is 0. The molecule has 0 bridgehead atoms. The van der Waals surface area contributed by atoms with Crippen LogP contribution in [0.3, 0.4) is 0 Å². The summed E-state index contributed by atoms with van der Waals surface area (Å²) >= 11 is 1.63. The second-order valence-electron chi connectivity index (χ2n) is 1.44. The van der Waals surface area contributed by atoms with Crippen LogP contribution in [0.15, 0.2) is 0 Å². The molecule has 1 heteroatoms. The van der Waals surface area contributed by atoms with E-state index in [1.54, 1.807) is 11.8 Å². The van der Waals surface area contributed by atoms with Gasteiger partial charge in [-0.15, -0.1) is 11.8 Å². The van der Waals surface area contributed by atoms with E-state index in [1.165, 1.54) is 6.42 Å². The summed E-state index contributed by atoms with van der Waals surface area (Å²) in [6.07, 6.45) is 5.85. The first-order chi connectivity index (χ1) is 3.91. The lowest BCUT2D eigenvalue weighted by molar-refractivity contribution is 0.999. The average molecular weight is 127 g/mol. The van der Waals surface area contributed by atoms with Crippen molar-refractivity contribution in [2.75, 3.05) is 5.75 Å². The van der Waals surface area contributed by atoms with Gasteiger partial charge in [-0.05, 0) is 19.1 Å². The van der Waals surface area contributed by atoms with Crippen molar-refractivity contribution in [1.82, 2.24) is 0 Å². The Labute approximate surface area is 56.1 Å². The molecular formula is C7H11S.